The van der Waals surface area contributed by atoms with E-state index >= 15 is 0 Å². The Morgan fingerprint density at radius 3 is 3.08 bits per heavy atom. The second kappa shape index (κ2) is 4.56. The molecule has 72 valence electrons. The van der Waals surface area contributed by atoms with Crippen LogP contribution in [0.5, 0.6) is 0 Å². The molecule has 1 aromatic heterocycles. The molecule has 13 heavy (non-hydrogen) atoms. The molecular weight excluding hydrogens is 172 g/mol. The zero-order valence-corrected chi connectivity index (χ0v) is 7.38. The van der Waals surface area contributed by atoms with Gasteiger partial charge in [0.15, 0.2) is 0 Å². The van der Waals surface area contributed by atoms with Crippen LogP contribution >= 0.6 is 0 Å². The van der Waals surface area contributed by atoms with Gasteiger partial charge in [-0.1, -0.05) is 5.21 Å². The van der Waals surface area contributed by atoms with Crippen molar-refractivity contribution in [3.8, 4) is 0 Å². The molecule has 1 atom stereocenters. The Morgan fingerprint density at radius 1 is 1.77 bits per heavy atom. The highest BCUT2D eigenvalue weighted by Crippen LogP contribution is 1.94. The molecule has 0 saturated heterocycles. The number of esters is 1. The van der Waals surface area contributed by atoms with Crippen molar-refractivity contribution in [3.63, 3.8) is 0 Å². The highest BCUT2D eigenvalue weighted by molar-refractivity contribution is 5.75. The van der Waals surface area contributed by atoms with Gasteiger partial charge in [-0.2, -0.15) is 0 Å². The Labute approximate surface area is 75.7 Å². The minimum atomic E-state index is -0.589. The number of aromatic nitrogens is 3. The van der Waals surface area contributed by atoms with Gasteiger partial charge in [0.2, 0.25) is 0 Å². The van der Waals surface area contributed by atoms with Crippen molar-refractivity contribution in [3.05, 3.63) is 12.4 Å². The van der Waals surface area contributed by atoms with Crippen molar-refractivity contribution >= 4 is 5.97 Å². The molecule has 1 heterocycles. The Kier molecular flexibility index (Phi) is 3.39. The summed E-state index contributed by atoms with van der Waals surface area (Å²) in [6.07, 6.45) is 3.78. The summed E-state index contributed by atoms with van der Waals surface area (Å²) in [7, 11) is 1.32. The quantitative estimate of drug-likeness (QED) is 0.617. The lowest BCUT2D eigenvalue weighted by Gasteiger charge is -2.07. The van der Waals surface area contributed by atoms with Crippen molar-refractivity contribution < 1.29 is 9.53 Å². The van der Waals surface area contributed by atoms with E-state index in [1.165, 1.54) is 7.11 Å². The minimum Gasteiger partial charge on any atom is -0.468 e. The molecule has 6 heteroatoms. The largest absolute Gasteiger partial charge is 0.468 e. The molecule has 2 N–H and O–H groups in total. The summed E-state index contributed by atoms with van der Waals surface area (Å²) in [5.74, 6) is -0.403. The number of ether oxygens (including phenoxy) is 1. The average Bonchev–Trinajstić information content (AvgIpc) is 2.65. The number of hydrogen-bond donors (Lipinski definition) is 1. The lowest BCUT2D eigenvalue weighted by molar-refractivity contribution is -0.142. The first-order valence-corrected chi connectivity index (χ1v) is 3.91. The Balaban J connectivity index is 2.30. The van der Waals surface area contributed by atoms with Crippen LogP contribution in [0.2, 0.25) is 0 Å². The van der Waals surface area contributed by atoms with Gasteiger partial charge in [-0.15, -0.1) is 5.10 Å². The molecule has 0 spiro atoms. The number of hydrogen-bond acceptors (Lipinski definition) is 5. The summed E-state index contributed by atoms with van der Waals surface area (Å²) in [6, 6.07) is -0.589. The normalized spacial score (nSPS) is 12.5. The monoisotopic (exact) mass is 184 g/mol. The number of nitrogens with two attached hydrogens (primary N) is 1. The van der Waals surface area contributed by atoms with Crippen LogP contribution in [-0.2, 0) is 16.1 Å². The molecule has 0 aliphatic carbocycles. The van der Waals surface area contributed by atoms with Crippen molar-refractivity contribution in [1.29, 1.82) is 0 Å². The van der Waals surface area contributed by atoms with Crippen molar-refractivity contribution in [2.75, 3.05) is 7.11 Å². The predicted octanol–water partition coefficient (Wildman–Crippen LogP) is -0.831. The van der Waals surface area contributed by atoms with Gasteiger partial charge in [-0.25, -0.2) is 0 Å². The van der Waals surface area contributed by atoms with Crippen LogP contribution in [0.4, 0.5) is 0 Å². The van der Waals surface area contributed by atoms with Gasteiger partial charge in [-0.3, -0.25) is 9.48 Å². The summed E-state index contributed by atoms with van der Waals surface area (Å²) in [5.41, 5.74) is 5.51. The molecule has 1 aromatic rings. The number of methoxy groups -OCH3 is 1. The molecule has 0 amide bonds. The average molecular weight is 184 g/mol. The van der Waals surface area contributed by atoms with Crippen LogP contribution < -0.4 is 5.73 Å². The number of carbonyl (C=O) groups is 1. The van der Waals surface area contributed by atoms with E-state index in [2.05, 4.69) is 15.0 Å². The molecule has 0 fully saturated rings. The summed E-state index contributed by atoms with van der Waals surface area (Å²) >= 11 is 0. The van der Waals surface area contributed by atoms with Crippen LogP contribution in [-0.4, -0.2) is 34.1 Å². The number of aryl methyl sites for hydroxylation is 1. The van der Waals surface area contributed by atoms with E-state index in [1.54, 1.807) is 17.1 Å². The standard InChI is InChI=1S/C7H12N4O2/c1-13-7(12)6(8)2-4-11-5-3-9-10-11/h3,5-6H,2,4,8H2,1H3. The maximum Gasteiger partial charge on any atom is 0.322 e. The summed E-state index contributed by atoms with van der Waals surface area (Å²) in [5, 5.41) is 7.35. The lowest BCUT2D eigenvalue weighted by Crippen LogP contribution is -2.32. The molecule has 0 aliphatic heterocycles. The van der Waals surface area contributed by atoms with E-state index in [-0.39, 0.29) is 0 Å². The Hall–Kier alpha value is -1.43. The first-order valence-electron chi connectivity index (χ1n) is 3.91. The fraction of sp³-hybridized carbons (Fsp3) is 0.571. The minimum absolute atomic E-state index is 0.403. The second-order valence-electron chi connectivity index (χ2n) is 2.58. The first-order chi connectivity index (χ1) is 6.24. The predicted molar refractivity (Wildman–Crippen MR) is 44.6 cm³/mol. The smallest absolute Gasteiger partial charge is 0.322 e. The van der Waals surface area contributed by atoms with E-state index in [1.807, 2.05) is 0 Å². The number of nitrogens with zero attached hydrogens (tertiary/aromatic N) is 3. The molecular formula is C7H12N4O2. The third kappa shape index (κ3) is 2.83. The topological polar surface area (TPSA) is 83.0 Å². The van der Waals surface area contributed by atoms with Crippen molar-refractivity contribution in [2.24, 2.45) is 5.73 Å². The van der Waals surface area contributed by atoms with Crippen LogP contribution in [0.1, 0.15) is 6.42 Å². The lowest BCUT2D eigenvalue weighted by atomic mass is 10.2. The summed E-state index contributed by atoms with van der Waals surface area (Å²) in [6.45, 7) is 0.566. The van der Waals surface area contributed by atoms with Gasteiger partial charge in [0.1, 0.15) is 6.04 Å². The zero-order valence-electron chi connectivity index (χ0n) is 7.38. The van der Waals surface area contributed by atoms with E-state index < -0.39 is 12.0 Å². The van der Waals surface area contributed by atoms with E-state index in [9.17, 15) is 4.79 Å². The van der Waals surface area contributed by atoms with Crippen LogP contribution in [0, 0.1) is 0 Å². The molecule has 0 radical (unpaired) electrons. The number of carbonyl (C=O) groups excluding carboxylic acids is 1. The van der Waals surface area contributed by atoms with Crippen LogP contribution in [0.3, 0.4) is 0 Å². The summed E-state index contributed by atoms with van der Waals surface area (Å²) < 4.78 is 6.09. The zero-order chi connectivity index (χ0) is 9.68. The third-order valence-electron chi connectivity index (χ3n) is 1.65. The second-order valence-corrected chi connectivity index (χ2v) is 2.58. The Bertz CT molecular complexity index is 259. The molecule has 0 aliphatic rings. The van der Waals surface area contributed by atoms with Gasteiger partial charge < -0.3 is 10.5 Å². The molecule has 6 nitrogen and oxygen atoms in total. The van der Waals surface area contributed by atoms with Crippen molar-refractivity contribution in [1.82, 2.24) is 15.0 Å². The molecule has 1 unspecified atom stereocenters. The van der Waals surface area contributed by atoms with Gasteiger partial charge in [0, 0.05) is 12.7 Å². The fourth-order valence-corrected chi connectivity index (χ4v) is 0.893. The van der Waals surface area contributed by atoms with Crippen LogP contribution in [0.25, 0.3) is 0 Å². The van der Waals surface area contributed by atoms with E-state index in [0.717, 1.165) is 0 Å². The number of rotatable bonds is 4. The van der Waals surface area contributed by atoms with Crippen molar-refractivity contribution in [2.45, 2.75) is 19.0 Å². The fourth-order valence-electron chi connectivity index (χ4n) is 0.893. The molecule has 0 aromatic carbocycles. The maximum atomic E-state index is 10.9. The molecule has 0 bridgehead atoms. The van der Waals surface area contributed by atoms with Crippen LogP contribution in [0.15, 0.2) is 12.4 Å². The van der Waals surface area contributed by atoms with Gasteiger partial charge in [-0.05, 0) is 6.42 Å². The molecule has 1 rings (SSSR count). The van der Waals surface area contributed by atoms with E-state index in [0.29, 0.717) is 13.0 Å². The third-order valence-corrected chi connectivity index (χ3v) is 1.65. The maximum absolute atomic E-state index is 10.9. The van der Waals surface area contributed by atoms with Gasteiger partial charge in [0.25, 0.3) is 0 Å². The Morgan fingerprint density at radius 2 is 2.54 bits per heavy atom. The summed E-state index contributed by atoms with van der Waals surface area (Å²) in [4.78, 5) is 10.9. The first kappa shape index (κ1) is 9.66. The van der Waals surface area contributed by atoms with Gasteiger partial charge in [0.05, 0.1) is 13.3 Å². The van der Waals surface area contributed by atoms with Gasteiger partial charge >= 0.3 is 5.97 Å². The highest BCUT2D eigenvalue weighted by Gasteiger charge is 2.12. The van der Waals surface area contributed by atoms with E-state index in [4.69, 9.17) is 5.73 Å². The molecule has 0 saturated carbocycles. The SMILES string of the molecule is COC(=O)C(N)CCn1ccnn1. The highest BCUT2D eigenvalue weighted by atomic mass is 16.5.